The van der Waals surface area contributed by atoms with E-state index in [1.807, 2.05) is 13.2 Å². The fraction of sp³-hybridized carbons (Fsp3) is 0.875. The van der Waals surface area contributed by atoms with Crippen LogP contribution in [0.2, 0.25) is 0 Å². The first kappa shape index (κ1) is 9.63. The van der Waals surface area contributed by atoms with Crippen molar-refractivity contribution in [2.75, 3.05) is 13.1 Å². The quantitative estimate of drug-likeness (QED) is 0.575. The van der Waals surface area contributed by atoms with Crippen LogP contribution in [0, 0.1) is 0 Å². The lowest BCUT2D eigenvalue weighted by Crippen LogP contribution is -2.34. The summed E-state index contributed by atoms with van der Waals surface area (Å²) >= 11 is 0. The zero-order chi connectivity index (χ0) is 7.98. The minimum Gasteiger partial charge on any atom is -0.294 e. The lowest BCUT2D eigenvalue weighted by atomic mass is 10.3. The topological polar surface area (TPSA) is 20.3 Å². The SMILES string of the molecule is CCCN(CC)C(C)[C]=O. The summed E-state index contributed by atoms with van der Waals surface area (Å²) in [7, 11) is 0. The van der Waals surface area contributed by atoms with Crippen molar-refractivity contribution >= 4 is 6.29 Å². The lowest BCUT2D eigenvalue weighted by molar-refractivity contribution is 0.262. The van der Waals surface area contributed by atoms with E-state index in [9.17, 15) is 4.79 Å². The summed E-state index contributed by atoms with van der Waals surface area (Å²) in [6.07, 6.45) is 3.07. The highest BCUT2D eigenvalue weighted by Crippen LogP contribution is 1.96. The van der Waals surface area contributed by atoms with Gasteiger partial charge in [0.1, 0.15) is 0 Å². The summed E-state index contributed by atoms with van der Waals surface area (Å²) in [5.74, 6) is 0. The van der Waals surface area contributed by atoms with Crippen molar-refractivity contribution in [2.45, 2.75) is 33.2 Å². The molecule has 0 rings (SSSR count). The molecular formula is C8H16NO. The van der Waals surface area contributed by atoms with Crippen LogP contribution in [0.25, 0.3) is 0 Å². The predicted octanol–water partition coefficient (Wildman–Crippen LogP) is 1.22. The molecule has 1 radical (unpaired) electrons. The van der Waals surface area contributed by atoms with Crippen LogP contribution in [0.3, 0.4) is 0 Å². The standard InChI is InChI=1S/C8H16NO/c1-4-6-9(5-2)8(3)7-10/h8H,4-6H2,1-3H3. The van der Waals surface area contributed by atoms with Crippen molar-refractivity contribution in [1.82, 2.24) is 4.90 Å². The summed E-state index contributed by atoms with van der Waals surface area (Å²) < 4.78 is 0. The van der Waals surface area contributed by atoms with Crippen LogP contribution < -0.4 is 0 Å². The van der Waals surface area contributed by atoms with Crippen LogP contribution >= 0.6 is 0 Å². The van der Waals surface area contributed by atoms with Gasteiger partial charge in [-0.15, -0.1) is 0 Å². The Hall–Kier alpha value is -0.370. The largest absolute Gasteiger partial charge is 0.294 e. The Morgan fingerprint density at radius 3 is 2.40 bits per heavy atom. The Labute approximate surface area is 63.2 Å². The fourth-order valence-electron chi connectivity index (χ4n) is 0.987. The van der Waals surface area contributed by atoms with Gasteiger partial charge in [-0.25, -0.2) is 0 Å². The van der Waals surface area contributed by atoms with Gasteiger partial charge < -0.3 is 0 Å². The lowest BCUT2D eigenvalue weighted by Gasteiger charge is -2.21. The van der Waals surface area contributed by atoms with Crippen LogP contribution in [-0.2, 0) is 4.79 Å². The van der Waals surface area contributed by atoms with Crippen LogP contribution in [0.5, 0.6) is 0 Å². The normalized spacial score (nSPS) is 13.6. The van der Waals surface area contributed by atoms with Gasteiger partial charge in [0, 0.05) is 0 Å². The zero-order valence-corrected chi connectivity index (χ0v) is 7.05. The molecule has 0 aromatic carbocycles. The van der Waals surface area contributed by atoms with Gasteiger partial charge in [0.25, 0.3) is 0 Å². The minimum absolute atomic E-state index is 0.0371. The van der Waals surface area contributed by atoms with E-state index in [0.29, 0.717) is 0 Å². The van der Waals surface area contributed by atoms with E-state index < -0.39 is 0 Å². The second-order valence-corrected chi connectivity index (χ2v) is 2.42. The highest BCUT2D eigenvalue weighted by molar-refractivity contribution is 5.57. The van der Waals surface area contributed by atoms with E-state index >= 15 is 0 Å². The Bertz CT molecular complexity index is 93.3. The molecule has 0 aliphatic heterocycles. The van der Waals surface area contributed by atoms with E-state index in [-0.39, 0.29) is 6.04 Å². The molecule has 2 heteroatoms. The molecule has 0 saturated heterocycles. The van der Waals surface area contributed by atoms with Crippen LogP contribution in [0.1, 0.15) is 27.2 Å². The van der Waals surface area contributed by atoms with Gasteiger partial charge in [0.05, 0.1) is 6.04 Å². The molecule has 10 heavy (non-hydrogen) atoms. The van der Waals surface area contributed by atoms with Crippen molar-refractivity contribution in [3.8, 4) is 0 Å². The number of likely N-dealkylation sites (N-methyl/N-ethyl adjacent to an activating group) is 1. The maximum Gasteiger partial charge on any atom is 0.216 e. The third-order valence-corrected chi connectivity index (χ3v) is 1.64. The van der Waals surface area contributed by atoms with Crippen molar-refractivity contribution in [3.05, 3.63) is 0 Å². The first-order valence-electron chi connectivity index (χ1n) is 3.88. The van der Waals surface area contributed by atoms with Gasteiger partial charge >= 0.3 is 0 Å². The van der Waals surface area contributed by atoms with Gasteiger partial charge in [-0.1, -0.05) is 13.8 Å². The number of nitrogens with zero attached hydrogens (tertiary/aromatic N) is 1. The van der Waals surface area contributed by atoms with Crippen molar-refractivity contribution < 1.29 is 4.79 Å². The first-order valence-corrected chi connectivity index (χ1v) is 3.88. The smallest absolute Gasteiger partial charge is 0.216 e. The van der Waals surface area contributed by atoms with Crippen molar-refractivity contribution in [3.63, 3.8) is 0 Å². The maximum atomic E-state index is 10.2. The first-order chi connectivity index (χ1) is 4.76. The summed E-state index contributed by atoms with van der Waals surface area (Å²) in [4.78, 5) is 12.3. The Morgan fingerprint density at radius 1 is 1.50 bits per heavy atom. The average Bonchev–Trinajstić information content (AvgIpc) is 1.99. The van der Waals surface area contributed by atoms with E-state index in [1.54, 1.807) is 0 Å². The number of carbonyl (C=O) groups excluding carboxylic acids is 1. The highest BCUT2D eigenvalue weighted by atomic mass is 16.1. The van der Waals surface area contributed by atoms with Gasteiger partial charge in [-0.05, 0) is 26.4 Å². The molecule has 2 nitrogen and oxygen atoms in total. The molecule has 0 heterocycles. The molecule has 0 spiro atoms. The highest BCUT2D eigenvalue weighted by Gasteiger charge is 2.08. The molecular weight excluding hydrogens is 126 g/mol. The van der Waals surface area contributed by atoms with Crippen molar-refractivity contribution in [2.24, 2.45) is 0 Å². The third kappa shape index (κ3) is 2.97. The van der Waals surface area contributed by atoms with E-state index in [2.05, 4.69) is 18.7 Å². The molecule has 0 aliphatic carbocycles. The molecule has 0 aromatic rings. The van der Waals surface area contributed by atoms with Crippen LogP contribution in [0.15, 0.2) is 0 Å². The maximum absolute atomic E-state index is 10.2. The molecule has 59 valence electrons. The molecule has 0 aromatic heterocycles. The minimum atomic E-state index is -0.0371. The number of hydrogen-bond donors (Lipinski definition) is 0. The Kier molecular flexibility index (Phi) is 5.22. The molecule has 0 saturated carbocycles. The average molecular weight is 142 g/mol. The summed E-state index contributed by atoms with van der Waals surface area (Å²) in [6.45, 7) is 7.98. The number of hydrogen-bond acceptors (Lipinski definition) is 2. The third-order valence-electron chi connectivity index (χ3n) is 1.64. The summed E-state index contributed by atoms with van der Waals surface area (Å²) in [5, 5.41) is 0. The molecule has 0 N–H and O–H groups in total. The van der Waals surface area contributed by atoms with Gasteiger partial charge in [0.15, 0.2) is 0 Å². The van der Waals surface area contributed by atoms with Gasteiger partial charge in [0.2, 0.25) is 6.29 Å². The second-order valence-electron chi connectivity index (χ2n) is 2.42. The van der Waals surface area contributed by atoms with E-state index in [1.165, 1.54) is 0 Å². The summed E-state index contributed by atoms with van der Waals surface area (Å²) in [6, 6.07) is -0.0371. The molecule has 0 aliphatic rings. The summed E-state index contributed by atoms with van der Waals surface area (Å²) in [5.41, 5.74) is 0. The van der Waals surface area contributed by atoms with Crippen molar-refractivity contribution in [1.29, 1.82) is 0 Å². The zero-order valence-electron chi connectivity index (χ0n) is 7.05. The Balaban J connectivity index is 3.67. The Morgan fingerprint density at radius 2 is 2.10 bits per heavy atom. The van der Waals surface area contributed by atoms with Crippen LogP contribution in [-0.4, -0.2) is 30.3 Å². The van der Waals surface area contributed by atoms with Gasteiger partial charge in [-0.3, -0.25) is 9.69 Å². The molecule has 0 fully saturated rings. The van der Waals surface area contributed by atoms with E-state index in [4.69, 9.17) is 0 Å². The predicted molar refractivity (Wildman–Crippen MR) is 42.7 cm³/mol. The van der Waals surface area contributed by atoms with E-state index in [0.717, 1.165) is 19.5 Å². The fourth-order valence-corrected chi connectivity index (χ4v) is 0.987. The molecule has 1 atom stereocenters. The molecule has 1 unspecified atom stereocenters. The second kappa shape index (κ2) is 5.42. The van der Waals surface area contributed by atoms with Crippen LogP contribution in [0.4, 0.5) is 0 Å². The molecule has 0 bridgehead atoms. The van der Waals surface area contributed by atoms with Gasteiger partial charge in [-0.2, -0.15) is 0 Å². The monoisotopic (exact) mass is 142 g/mol. The molecule has 0 amide bonds. The number of rotatable bonds is 5.